The van der Waals surface area contributed by atoms with Gasteiger partial charge in [-0.3, -0.25) is 9.59 Å². The molecule has 0 aliphatic carbocycles. The number of sulfone groups is 1. The number of anilines is 2. The molecule has 1 aliphatic rings. The van der Waals surface area contributed by atoms with Crippen LogP contribution in [0.3, 0.4) is 0 Å². The molecule has 0 spiro atoms. The first-order chi connectivity index (χ1) is 14.8. The summed E-state index contributed by atoms with van der Waals surface area (Å²) in [6.07, 6.45) is 1.08. The lowest BCUT2D eigenvalue weighted by Crippen LogP contribution is -2.14. The summed E-state index contributed by atoms with van der Waals surface area (Å²) in [6, 6.07) is 17.3. The van der Waals surface area contributed by atoms with Crippen LogP contribution >= 0.6 is 0 Å². The van der Waals surface area contributed by atoms with Gasteiger partial charge in [0.25, 0.3) is 11.8 Å². The van der Waals surface area contributed by atoms with Gasteiger partial charge in [0.1, 0.15) is 0 Å². The van der Waals surface area contributed by atoms with Crippen molar-refractivity contribution in [1.29, 1.82) is 0 Å². The van der Waals surface area contributed by atoms with E-state index in [1.807, 2.05) is 0 Å². The first-order valence-electron chi connectivity index (χ1n) is 9.22. The van der Waals surface area contributed by atoms with Crippen LogP contribution in [-0.2, 0) is 9.84 Å². The van der Waals surface area contributed by atoms with Gasteiger partial charge in [0.2, 0.25) is 6.79 Å². The molecule has 3 aromatic carbocycles. The van der Waals surface area contributed by atoms with Crippen LogP contribution in [-0.4, -0.2) is 33.3 Å². The minimum absolute atomic E-state index is 0.0601. The molecule has 1 aliphatic heterocycles. The van der Waals surface area contributed by atoms with E-state index < -0.39 is 15.7 Å². The molecule has 0 radical (unpaired) electrons. The Labute approximate surface area is 178 Å². The smallest absolute Gasteiger partial charge is 0.255 e. The van der Waals surface area contributed by atoms with Crippen molar-refractivity contribution in [3.63, 3.8) is 0 Å². The maximum absolute atomic E-state index is 12.5. The maximum atomic E-state index is 12.5. The van der Waals surface area contributed by atoms with Crippen LogP contribution in [0.15, 0.2) is 71.6 Å². The van der Waals surface area contributed by atoms with E-state index in [1.54, 1.807) is 42.5 Å². The Balaban J connectivity index is 1.47. The molecule has 8 nitrogen and oxygen atoms in total. The molecule has 1 heterocycles. The molecule has 0 atom stereocenters. The summed E-state index contributed by atoms with van der Waals surface area (Å²) < 4.78 is 33.9. The van der Waals surface area contributed by atoms with Crippen molar-refractivity contribution >= 4 is 33.0 Å². The molecule has 2 N–H and O–H groups in total. The molecule has 0 saturated heterocycles. The van der Waals surface area contributed by atoms with Gasteiger partial charge in [-0.1, -0.05) is 12.1 Å². The monoisotopic (exact) mass is 438 g/mol. The number of rotatable bonds is 5. The van der Waals surface area contributed by atoms with E-state index in [0.717, 1.165) is 6.26 Å². The third kappa shape index (κ3) is 4.67. The second kappa shape index (κ2) is 8.11. The molecular weight excluding hydrogens is 420 g/mol. The van der Waals surface area contributed by atoms with Crippen molar-refractivity contribution in [3.05, 3.63) is 77.9 Å². The summed E-state index contributed by atoms with van der Waals surface area (Å²) in [7, 11) is -3.43. The van der Waals surface area contributed by atoms with Gasteiger partial charge in [-0.25, -0.2) is 8.42 Å². The summed E-state index contributed by atoms with van der Waals surface area (Å²) in [5.41, 5.74) is 1.53. The number of benzene rings is 3. The zero-order valence-electron chi connectivity index (χ0n) is 16.4. The van der Waals surface area contributed by atoms with Gasteiger partial charge in [-0.15, -0.1) is 0 Å². The Morgan fingerprint density at radius 2 is 1.39 bits per heavy atom. The minimum Gasteiger partial charge on any atom is -0.454 e. The Morgan fingerprint density at radius 1 is 0.774 bits per heavy atom. The van der Waals surface area contributed by atoms with Crippen LogP contribution in [0.5, 0.6) is 11.5 Å². The fraction of sp³-hybridized carbons (Fsp3) is 0.0909. The molecule has 2 amide bonds. The number of hydrogen-bond donors (Lipinski definition) is 2. The zero-order chi connectivity index (χ0) is 22.0. The molecule has 0 unspecified atom stereocenters. The van der Waals surface area contributed by atoms with E-state index in [9.17, 15) is 18.0 Å². The fourth-order valence-electron chi connectivity index (χ4n) is 2.99. The van der Waals surface area contributed by atoms with E-state index in [2.05, 4.69) is 10.6 Å². The van der Waals surface area contributed by atoms with E-state index >= 15 is 0 Å². The lowest BCUT2D eigenvalue weighted by molar-refractivity contribution is 0.101. The summed E-state index contributed by atoms with van der Waals surface area (Å²) in [6.45, 7) is 0.120. The quantitative estimate of drug-likeness (QED) is 0.632. The zero-order valence-corrected chi connectivity index (χ0v) is 17.2. The van der Waals surface area contributed by atoms with Crippen LogP contribution < -0.4 is 20.1 Å². The summed E-state index contributed by atoms with van der Waals surface area (Å²) in [5, 5.41) is 5.47. The van der Waals surface area contributed by atoms with Gasteiger partial charge in [-0.2, -0.15) is 0 Å². The molecule has 9 heteroatoms. The Morgan fingerprint density at radius 3 is 2.06 bits per heavy atom. The lowest BCUT2D eigenvalue weighted by atomic mass is 10.1. The molecule has 4 rings (SSSR count). The SMILES string of the molecule is CS(=O)(=O)c1cccc(C(=O)Nc2cccc(NC(=O)c3ccc4c(c3)OCO4)c2)c1. The van der Waals surface area contributed by atoms with Gasteiger partial charge in [-0.05, 0) is 54.6 Å². The number of fused-ring (bicyclic) bond motifs is 1. The molecular formula is C22H18N2O6S. The van der Waals surface area contributed by atoms with Gasteiger partial charge < -0.3 is 20.1 Å². The van der Waals surface area contributed by atoms with E-state index in [0.29, 0.717) is 28.4 Å². The number of nitrogens with one attached hydrogen (secondary N) is 2. The average Bonchev–Trinajstić information content (AvgIpc) is 3.21. The highest BCUT2D eigenvalue weighted by Crippen LogP contribution is 2.32. The van der Waals surface area contributed by atoms with Crippen molar-refractivity contribution in [2.45, 2.75) is 4.90 Å². The number of hydrogen-bond acceptors (Lipinski definition) is 6. The largest absolute Gasteiger partial charge is 0.454 e. The first-order valence-corrected chi connectivity index (χ1v) is 11.1. The summed E-state index contributed by atoms with van der Waals surface area (Å²) in [4.78, 5) is 25.1. The summed E-state index contributed by atoms with van der Waals surface area (Å²) >= 11 is 0. The molecule has 31 heavy (non-hydrogen) atoms. The first kappa shape index (κ1) is 20.4. The maximum Gasteiger partial charge on any atom is 0.255 e. The number of ether oxygens (including phenoxy) is 2. The van der Waals surface area contributed by atoms with Crippen molar-refractivity contribution in [2.75, 3.05) is 23.7 Å². The van der Waals surface area contributed by atoms with E-state index in [4.69, 9.17) is 9.47 Å². The van der Waals surface area contributed by atoms with Crippen LogP contribution in [0.2, 0.25) is 0 Å². The second-order valence-corrected chi connectivity index (χ2v) is 8.87. The van der Waals surface area contributed by atoms with Crippen LogP contribution in [0.25, 0.3) is 0 Å². The third-order valence-corrected chi connectivity index (χ3v) is 5.65. The van der Waals surface area contributed by atoms with E-state index in [-0.39, 0.29) is 23.2 Å². The van der Waals surface area contributed by atoms with Gasteiger partial charge in [0.15, 0.2) is 21.3 Å². The van der Waals surface area contributed by atoms with Gasteiger partial charge in [0, 0.05) is 28.8 Å². The standard InChI is InChI=1S/C22H18N2O6S/c1-31(27,28)18-7-2-4-14(10-18)21(25)23-16-5-3-6-17(12-16)24-22(26)15-8-9-19-20(11-15)30-13-29-19/h2-12H,13H2,1H3,(H,23,25)(H,24,26). The van der Waals surface area contributed by atoms with Crippen molar-refractivity contribution < 1.29 is 27.5 Å². The molecule has 0 aromatic heterocycles. The predicted octanol–water partition coefficient (Wildman–Crippen LogP) is 3.32. The molecule has 0 bridgehead atoms. The predicted molar refractivity (Wildman–Crippen MR) is 114 cm³/mol. The minimum atomic E-state index is -3.43. The normalized spacial score (nSPS) is 12.3. The van der Waals surface area contributed by atoms with E-state index in [1.165, 1.54) is 24.3 Å². The van der Waals surface area contributed by atoms with Crippen LogP contribution in [0.1, 0.15) is 20.7 Å². The Bertz CT molecular complexity index is 1290. The highest BCUT2D eigenvalue weighted by atomic mass is 32.2. The van der Waals surface area contributed by atoms with Crippen LogP contribution in [0.4, 0.5) is 11.4 Å². The topological polar surface area (TPSA) is 111 Å². The van der Waals surface area contributed by atoms with Crippen molar-refractivity contribution in [2.24, 2.45) is 0 Å². The molecule has 158 valence electrons. The lowest BCUT2D eigenvalue weighted by Gasteiger charge is -2.10. The van der Waals surface area contributed by atoms with Crippen LogP contribution in [0, 0.1) is 0 Å². The third-order valence-electron chi connectivity index (χ3n) is 4.54. The number of carbonyl (C=O) groups excluding carboxylic acids is 2. The number of carbonyl (C=O) groups is 2. The van der Waals surface area contributed by atoms with Crippen molar-refractivity contribution in [1.82, 2.24) is 0 Å². The number of amides is 2. The second-order valence-electron chi connectivity index (χ2n) is 6.86. The molecule has 0 fully saturated rings. The Kier molecular flexibility index (Phi) is 5.35. The Hall–Kier alpha value is -3.85. The highest BCUT2D eigenvalue weighted by molar-refractivity contribution is 7.90. The highest BCUT2D eigenvalue weighted by Gasteiger charge is 2.17. The summed E-state index contributed by atoms with van der Waals surface area (Å²) in [5.74, 6) is 0.276. The van der Waals surface area contributed by atoms with Crippen molar-refractivity contribution in [3.8, 4) is 11.5 Å². The van der Waals surface area contributed by atoms with Gasteiger partial charge >= 0.3 is 0 Å². The fourth-order valence-corrected chi connectivity index (χ4v) is 3.65. The average molecular weight is 438 g/mol. The van der Waals surface area contributed by atoms with Gasteiger partial charge in [0.05, 0.1) is 4.90 Å². The molecule has 0 saturated carbocycles. The molecule has 3 aromatic rings.